The second-order valence-electron chi connectivity index (χ2n) is 5.25. The molecule has 0 aliphatic rings. The van der Waals surface area contributed by atoms with Crippen molar-refractivity contribution < 1.29 is 18.0 Å². The lowest BCUT2D eigenvalue weighted by molar-refractivity contribution is 0.102. The van der Waals surface area contributed by atoms with Crippen LogP contribution in [0.15, 0.2) is 60.7 Å². The Labute approximate surface area is 146 Å². The number of carbonyl (C=O) groups excluding carboxylic acids is 1. The molecule has 0 aliphatic heterocycles. The zero-order valence-corrected chi connectivity index (χ0v) is 13.4. The van der Waals surface area contributed by atoms with E-state index in [4.69, 9.17) is 11.6 Å². The number of anilines is 1. The summed E-state index contributed by atoms with van der Waals surface area (Å²) in [5.41, 5.74) is 0.509. The molecule has 1 N–H and O–H groups in total. The van der Waals surface area contributed by atoms with Gasteiger partial charge in [-0.15, -0.1) is 0 Å². The van der Waals surface area contributed by atoms with Crippen molar-refractivity contribution in [2.75, 3.05) is 5.32 Å². The molecule has 25 heavy (non-hydrogen) atoms. The van der Waals surface area contributed by atoms with E-state index in [1.54, 1.807) is 30.3 Å². The molecule has 0 fully saturated rings. The fraction of sp³-hybridized carbons (Fsp3) is 0. The number of carbonyl (C=O) groups is 1. The Bertz CT molecular complexity index is 945. The average Bonchev–Trinajstić information content (AvgIpc) is 2.57. The summed E-state index contributed by atoms with van der Waals surface area (Å²) in [6.07, 6.45) is 0. The van der Waals surface area contributed by atoms with Gasteiger partial charge in [-0.05, 0) is 29.8 Å². The highest BCUT2D eigenvalue weighted by Crippen LogP contribution is 2.32. The van der Waals surface area contributed by atoms with Gasteiger partial charge in [0.1, 0.15) is 17.5 Å². The van der Waals surface area contributed by atoms with Crippen molar-refractivity contribution in [3.63, 3.8) is 0 Å². The van der Waals surface area contributed by atoms with E-state index < -0.39 is 23.4 Å². The van der Waals surface area contributed by atoms with Crippen molar-refractivity contribution in [1.82, 2.24) is 0 Å². The molecule has 0 bridgehead atoms. The number of hydrogen-bond donors (Lipinski definition) is 1. The first-order valence-corrected chi connectivity index (χ1v) is 7.64. The van der Waals surface area contributed by atoms with Crippen LogP contribution in [0.5, 0.6) is 0 Å². The summed E-state index contributed by atoms with van der Waals surface area (Å²) in [5, 5.41) is 2.28. The monoisotopic (exact) mass is 361 g/mol. The lowest BCUT2D eigenvalue weighted by Gasteiger charge is -2.13. The molecule has 0 spiro atoms. The van der Waals surface area contributed by atoms with Crippen LogP contribution in [0.4, 0.5) is 18.9 Å². The predicted molar refractivity (Wildman–Crippen MR) is 91.2 cm³/mol. The lowest BCUT2D eigenvalue weighted by Crippen LogP contribution is -2.15. The Balaban J connectivity index is 2.04. The molecule has 0 heterocycles. The summed E-state index contributed by atoms with van der Waals surface area (Å²) in [4.78, 5) is 12.4. The van der Waals surface area contributed by atoms with E-state index in [9.17, 15) is 18.0 Å². The number of benzene rings is 3. The topological polar surface area (TPSA) is 29.1 Å². The Morgan fingerprint density at radius 3 is 2.28 bits per heavy atom. The van der Waals surface area contributed by atoms with E-state index in [0.29, 0.717) is 11.6 Å². The molecule has 0 saturated carbocycles. The third-order valence-corrected chi connectivity index (χ3v) is 3.87. The van der Waals surface area contributed by atoms with Crippen LogP contribution in [0.1, 0.15) is 10.4 Å². The fourth-order valence-corrected chi connectivity index (χ4v) is 2.65. The largest absolute Gasteiger partial charge is 0.319 e. The van der Waals surface area contributed by atoms with Gasteiger partial charge in [-0.3, -0.25) is 4.79 Å². The van der Waals surface area contributed by atoms with Gasteiger partial charge in [0.05, 0.1) is 16.3 Å². The maximum Gasteiger partial charge on any atom is 0.257 e. The first kappa shape index (κ1) is 17.0. The second kappa shape index (κ2) is 6.99. The first-order chi connectivity index (χ1) is 12.0. The molecule has 2 nitrogen and oxygen atoms in total. The highest BCUT2D eigenvalue weighted by molar-refractivity contribution is 6.34. The third kappa shape index (κ3) is 3.67. The number of rotatable bonds is 3. The van der Waals surface area contributed by atoms with E-state index in [1.807, 2.05) is 0 Å². The second-order valence-corrected chi connectivity index (χ2v) is 5.66. The quantitative estimate of drug-likeness (QED) is 0.639. The molecule has 1 amide bonds. The van der Waals surface area contributed by atoms with Crippen LogP contribution >= 0.6 is 11.6 Å². The number of hydrogen-bond acceptors (Lipinski definition) is 1. The van der Waals surface area contributed by atoms with E-state index in [-0.39, 0.29) is 21.8 Å². The first-order valence-electron chi connectivity index (χ1n) is 7.26. The minimum absolute atomic E-state index is 0.0224. The lowest BCUT2D eigenvalue weighted by atomic mass is 10.0. The van der Waals surface area contributed by atoms with Crippen molar-refractivity contribution in [2.24, 2.45) is 0 Å². The molecule has 0 unspecified atom stereocenters. The van der Waals surface area contributed by atoms with Gasteiger partial charge in [-0.25, -0.2) is 13.2 Å². The summed E-state index contributed by atoms with van der Waals surface area (Å²) in [5.74, 6) is -3.02. The van der Waals surface area contributed by atoms with Crippen LogP contribution in [-0.4, -0.2) is 5.91 Å². The standard InChI is InChI=1S/C19H11ClF3NO/c20-16-9-12(21)6-7-14(16)19(25)24-18-15(8-13(22)10-17(18)23)11-4-2-1-3-5-11/h1-10H,(H,24,25). The summed E-state index contributed by atoms with van der Waals surface area (Å²) < 4.78 is 41.1. The molecule has 3 aromatic rings. The van der Waals surface area contributed by atoms with Crippen LogP contribution in [0.3, 0.4) is 0 Å². The summed E-state index contributed by atoms with van der Waals surface area (Å²) in [6, 6.07) is 13.5. The van der Waals surface area contributed by atoms with Gasteiger partial charge in [0.15, 0.2) is 0 Å². The molecule has 0 aliphatic carbocycles. The van der Waals surface area contributed by atoms with Crippen molar-refractivity contribution in [3.05, 3.63) is 88.7 Å². The van der Waals surface area contributed by atoms with Gasteiger partial charge in [0.2, 0.25) is 0 Å². The zero-order valence-electron chi connectivity index (χ0n) is 12.7. The maximum absolute atomic E-state index is 14.3. The SMILES string of the molecule is O=C(Nc1c(F)cc(F)cc1-c1ccccc1)c1ccc(F)cc1Cl. The van der Waals surface area contributed by atoms with E-state index in [2.05, 4.69) is 5.32 Å². The smallest absolute Gasteiger partial charge is 0.257 e. The molecule has 3 rings (SSSR count). The Hall–Kier alpha value is -2.79. The van der Waals surface area contributed by atoms with Crippen molar-refractivity contribution in [2.45, 2.75) is 0 Å². The third-order valence-electron chi connectivity index (χ3n) is 3.55. The van der Waals surface area contributed by atoms with Gasteiger partial charge in [-0.2, -0.15) is 0 Å². The van der Waals surface area contributed by atoms with E-state index in [1.165, 1.54) is 6.07 Å². The molecular formula is C19H11ClF3NO. The van der Waals surface area contributed by atoms with Crippen LogP contribution in [0.25, 0.3) is 11.1 Å². The van der Waals surface area contributed by atoms with Crippen LogP contribution in [0.2, 0.25) is 5.02 Å². The minimum atomic E-state index is -0.926. The molecule has 0 saturated heterocycles. The van der Waals surface area contributed by atoms with Crippen molar-refractivity contribution >= 4 is 23.2 Å². The van der Waals surface area contributed by atoms with E-state index >= 15 is 0 Å². The summed E-state index contributed by atoms with van der Waals surface area (Å²) >= 11 is 5.86. The van der Waals surface area contributed by atoms with E-state index in [0.717, 1.165) is 18.2 Å². The predicted octanol–water partition coefficient (Wildman–Crippen LogP) is 5.68. The number of amides is 1. The Morgan fingerprint density at radius 2 is 1.60 bits per heavy atom. The van der Waals surface area contributed by atoms with Crippen LogP contribution < -0.4 is 5.32 Å². The molecular weight excluding hydrogens is 351 g/mol. The number of nitrogens with one attached hydrogen (secondary N) is 1. The van der Waals surface area contributed by atoms with Crippen LogP contribution in [-0.2, 0) is 0 Å². The van der Waals surface area contributed by atoms with Gasteiger partial charge in [0.25, 0.3) is 5.91 Å². The Morgan fingerprint density at radius 1 is 0.880 bits per heavy atom. The molecule has 6 heteroatoms. The van der Waals surface area contributed by atoms with Gasteiger partial charge < -0.3 is 5.32 Å². The van der Waals surface area contributed by atoms with Crippen LogP contribution in [0, 0.1) is 17.5 Å². The highest BCUT2D eigenvalue weighted by atomic mass is 35.5. The number of halogens is 4. The highest BCUT2D eigenvalue weighted by Gasteiger charge is 2.18. The average molecular weight is 362 g/mol. The van der Waals surface area contributed by atoms with Gasteiger partial charge in [0, 0.05) is 11.6 Å². The molecule has 3 aromatic carbocycles. The summed E-state index contributed by atoms with van der Waals surface area (Å²) in [7, 11) is 0. The van der Waals surface area contributed by atoms with Gasteiger partial charge >= 0.3 is 0 Å². The molecule has 126 valence electrons. The molecule has 0 aromatic heterocycles. The zero-order chi connectivity index (χ0) is 18.0. The summed E-state index contributed by atoms with van der Waals surface area (Å²) in [6.45, 7) is 0. The van der Waals surface area contributed by atoms with Gasteiger partial charge in [-0.1, -0.05) is 41.9 Å². The molecule has 0 radical (unpaired) electrons. The fourth-order valence-electron chi connectivity index (χ4n) is 2.40. The normalized spacial score (nSPS) is 10.6. The Kier molecular flexibility index (Phi) is 4.76. The van der Waals surface area contributed by atoms with Crippen molar-refractivity contribution in [1.29, 1.82) is 0 Å². The minimum Gasteiger partial charge on any atom is -0.319 e. The van der Waals surface area contributed by atoms with Crippen molar-refractivity contribution in [3.8, 4) is 11.1 Å². The molecule has 0 atom stereocenters. The maximum atomic E-state index is 14.3.